The Morgan fingerprint density at radius 1 is 0.568 bits per heavy atom. The molecule has 0 unspecified atom stereocenters. The van der Waals surface area contributed by atoms with Crippen LogP contribution in [0, 0.1) is 11.8 Å². The molecule has 9 amide bonds. The monoisotopic (exact) mass is 1230 g/mol. The molecule has 12 atom stereocenters. The van der Waals surface area contributed by atoms with E-state index in [1.54, 1.807) is 88.6 Å². The number of aliphatic hydroxyl groups is 2. The van der Waals surface area contributed by atoms with Gasteiger partial charge in [-0.05, 0) is 61.3 Å². The number of amides is 9. The second-order valence-corrected chi connectivity index (χ2v) is 21.8. The highest BCUT2D eigenvalue weighted by molar-refractivity contribution is 5.99. The number of carbonyl (C=O) groups is 10. The number of aliphatic imine (C=N–C) groups is 1. The van der Waals surface area contributed by atoms with Gasteiger partial charge in [-0.3, -0.25) is 48.1 Å². The van der Waals surface area contributed by atoms with E-state index in [4.69, 9.17) is 22.9 Å². The van der Waals surface area contributed by atoms with Gasteiger partial charge in [-0.1, -0.05) is 76.9 Å². The molecule has 0 aliphatic heterocycles. The second kappa shape index (κ2) is 33.5. The van der Waals surface area contributed by atoms with E-state index >= 15 is 0 Å². The molecule has 0 saturated heterocycles. The molecule has 0 bridgehead atoms. The molecule has 88 heavy (non-hydrogen) atoms. The smallest absolute Gasteiger partial charge is 0.326 e. The van der Waals surface area contributed by atoms with Crippen LogP contribution >= 0.6 is 0 Å². The number of carboxylic acids is 1. The van der Waals surface area contributed by atoms with Crippen molar-refractivity contribution in [2.75, 3.05) is 13.2 Å². The summed E-state index contributed by atoms with van der Waals surface area (Å²) in [7, 11) is 0. The molecular formula is C58H83N17O13. The maximum Gasteiger partial charge on any atom is 0.326 e. The fourth-order valence-corrected chi connectivity index (χ4v) is 9.60. The number of aromatic amines is 3. The number of para-hydroxylation sites is 2. The SMILES string of the molecule is CC[C@H](C)[C@H](NC(=O)[C@H](CO)NC(=O)[C@H](CCC(N)=O)NC(=O)[C@H](CCCN=C(N)N)NC(=O)[C@@H](N)Cc1cnc[nH]1)C(=O)N[C@@H](Cc1c[nH]c2ccccc12)C(=O)N[C@H](C(=O)N[C@H](C(=O)N[C@@H](Cc1c[nH]c2ccccc12)C(=O)O)[C@@H](C)O)[C@@H](C)CC. The number of primary amides is 1. The second-order valence-electron chi connectivity index (χ2n) is 21.8. The average molecular weight is 1230 g/mol. The number of nitrogens with one attached hydrogen (secondary N) is 11. The predicted molar refractivity (Wildman–Crippen MR) is 323 cm³/mol. The van der Waals surface area contributed by atoms with E-state index in [1.807, 2.05) is 0 Å². The van der Waals surface area contributed by atoms with Gasteiger partial charge < -0.3 is 95.7 Å². The number of carboxylic acid groups (broad SMARTS) is 1. The standard InChI is InChI=1S/C58H83N17O13/c1-6-29(3)46(74-53(83)44(27-76)72-51(81)41(18-19-45(60)78)69-50(80)40(17-12-20-64-58(61)62)68-49(79)37(59)23-34-26-63-28-67-34)54(84)70-42(21-32-24-65-38-15-10-8-13-35(32)38)52(82)73-47(30(4)7-2)55(85)75-48(31(5)77)56(86)71-43(57(87)88)22-33-25-66-39-16-11-9-14-36(33)39/h8-11,13-16,24-26,28-31,37,40-44,46-48,65-66,76-77H,6-7,12,17-23,27,59H2,1-5H3,(H2,60,78)(H,63,67)(H,68,79)(H,69,80)(H,70,84)(H,71,86)(H,72,81)(H,73,82)(H,74,83)(H,75,85)(H,87,88)(H4,61,62,64)/t29-,30-,31+,37-,40-,41-,42-,43-,44-,46-,47-,48-/m0/s1. The van der Waals surface area contributed by atoms with Crippen LogP contribution in [-0.2, 0) is 67.2 Å². The van der Waals surface area contributed by atoms with Gasteiger partial charge in [-0.2, -0.15) is 0 Å². The summed E-state index contributed by atoms with van der Waals surface area (Å²) in [5.74, 6) is -11.3. The first-order valence-corrected chi connectivity index (χ1v) is 29.0. The van der Waals surface area contributed by atoms with Gasteiger partial charge in [0, 0.05) is 78.3 Å². The fourth-order valence-electron chi connectivity index (χ4n) is 9.60. The van der Waals surface area contributed by atoms with Gasteiger partial charge >= 0.3 is 5.97 Å². The highest BCUT2D eigenvalue weighted by atomic mass is 16.4. The number of aliphatic hydroxyl groups excluding tert-OH is 2. The van der Waals surface area contributed by atoms with Crippen molar-refractivity contribution in [1.82, 2.24) is 62.5 Å². The summed E-state index contributed by atoms with van der Waals surface area (Å²) in [5.41, 5.74) is 25.6. The lowest BCUT2D eigenvalue weighted by Crippen LogP contribution is -2.63. The van der Waals surface area contributed by atoms with Gasteiger partial charge in [0.25, 0.3) is 0 Å². The number of imidazole rings is 1. The summed E-state index contributed by atoms with van der Waals surface area (Å²) in [6.07, 6.45) is 4.04. The van der Waals surface area contributed by atoms with E-state index in [1.165, 1.54) is 19.4 Å². The maximum absolute atomic E-state index is 14.8. The van der Waals surface area contributed by atoms with Crippen molar-refractivity contribution < 1.29 is 63.3 Å². The predicted octanol–water partition coefficient (Wildman–Crippen LogP) is -2.53. The molecule has 0 fully saturated rings. The summed E-state index contributed by atoms with van der Waals surface area (Å²) in [4.78, 5) is 154. The third-order valence-corrected chi connectivity index (χ3v) is 15.1. The zero-order valence-corrected chi connectivity index (χ0v) is 49.8. The largest absolute Gasteiger partial charge is 0.480 e. The molecule has 0 aliphatic rings. The van der Waals surface area contributed by atoms with Gasteiger partial charge in [-0.25, -0.2) is 9.78 Å². The highest BCUT2D eigenvalue weighted by Gasteiger charge is 2.38. The van der Waals surface area contributed by atoms with Crippen LogP contribution < -0.4 is 65.5 Å². The molecule has 0 aliphatic carbocycles. The fraction of sp³-hybridized carbons (Fsp3) is 0.483. The van der Waals surface area contributed by atoms with Gasteiger partial charge in [0.05, 0.1) is 25.1 Å². The topological polar surface area (TPSA) is 504 Å². The summed E-state index contributed by atoms with van der Waals surface area (Å²) >= 11 is 0. The van der Waals surface area contributed by atoms with Crippen LogP contribution in [0.5, 0.6) is 0 Å². The number of carbonyl (C=O) groups excluding carboxylic acids is 9. The van der Waals surface area contributed by atoms with Crippen LogP contribution in [0.4, 0.5) is 0 Å². The normalized spacial score (nSPS) is 15.4. The Labute approximate surface area is 507 Å². The first kappa shape index (κ1) is 69.4. The number of benzene rings is 2. The van der Waals surface area contributed by atoms with Gasteiger partial charge in [-0.15, -0.1) is 0 Å². The first-order chi connectivity index (χ1) is 41.8. The lowest BCUT2D eigenvalue weighted by Gasteiger charge is -2.31. The Kier molecular flexibility index (Phi) is 26.4. The number of guanidine groups is 1. The highest BCUT2D eigenvalue weighted by Crippen LogP contribution is 2.22. The number of nitrogens with two attached hydrogens (primary N) is 4. The van der Waals surface area contributed by atoms with E-state index in [2.05, 4.69) is 67.5 Å². The van der Waals surface area contributed by atoms with Crippen molar-refractivity contribution >= 4 is 86.9 Å². The quantitative estimate of drug-likeness (QED) is 0.0112. The van der Waals surface area contributed by atoms with Crippen LogP contribution in [0.3, 0.4) is 0 Å². The van der Waals surface area contributed by atoms with Crippen molar-refractivity contribution in [3.05, 3.63) is 90.3 Å². The van der Waals surface area contributed by atoms with E-state index < -0.39 is 151 Å². The number of hydrogen-bond acceptors (Lipinski definition) is 15. The number of fused-ring (bicyclic) bond motifs is 2. The summed E-state index contributed by atoms with van der Waals surface area (Å²) in [5, 5.41) is 53.4. The Balaban J connectivity index is 1.35. The molecular weight excluding hydrogens is 1140 g/mol. The molecule has 0 saturated carbocycles. The van der Waals surface area contributed by atoms with Crippen LogP contribution in [0.2, 0.25) is 0 Å². The number of aliphatic carboxylic acids is 1. The summed E-state index contributed by atoms with van der Waals surface area (Å²) in [6.45, 7) is 6.95. The number of aromatic nitrogens is 4. The number of rotatable bonds is 36. The zero-order valence-electron chi connectivity index (χ0n) is 49.8. The summed E-state index contributed by atoms with van der Waals surface area (Å²) < 4.78 is 0. The maximum atomic E-state index is 14.8. The van der Waals surface area contributed by atoms with E-state index in [-0.39, 0.29) is 51.0 Å². The molecule has 30 nitrogen and oxygen atoms in total. The van der Waals surface area contributed by atoms with Gasteiger partial charge in [0.2, 0.25) is 53.2 Å². The molecule has 30 heteroatoms. The molecule has 3 heterocycles. The van der Waals surface area contributed by atoms with E-state index in [0.717, 1.165) is 10.9 Å². The average Bonchev–Trinajstić information content (AvgIpc) is 2.40. The molecule has 5 rings (SSSR count). The third kappa shape index (κ3) is 20.1. The number of H-pyrrole nitrogens is 3. The number of hydrogen-bond donors (Lipinski definition) is 18. The van der Waals surface area contributed by atoms with Crippen molar-refractivity contribution in [3.8, 4) is 0 Å². The minimum Gasteiger partial charge on any atom is -0.480 e. The molecule has 5 aromatic rings. The summed E-state index contributed by atoms with van der Waals surface area (Å²) in [6, 6.07) is 0.871. The molecule has 478 valence electrons. The van der Waals surface area contributed by atoms with Crippen molar-refractivity contribution in [1.29, 1.82) is 0 Å². The minimum atomic E-state index is -1.79. The molecule has 3 aromatic heterocycles. The van der Waals surface area contributed by atoms with Crippen LogP contribution in [-0.4, -0.2) is 174 Å². The Morgan fingerprint density at radius 2 is 1.02 bits per heavy atom. The molecule has 2 aromatic carbocycles. The Bertz CT molecular complexity index is 3230. The van der Waals surface area contributed by atoms with Crippen molar-refractivity contribution in [2.45, 2.75) is 153 Å². The Hall–Kier alpha value is -9.42. The van der Waals surface area contributed by atoms with Crippen molar-refractivity contribution in [2.24, 2.45) is 39.8 Å². The third-order valence-electron chi connectivity index (χ3n) is 15.1. The van der Waals surface area contributed by atoms with E-state index in [0.29, 0.717) is 34.1 Å². The van der Waals surface area contributed by atoms with Crippen LogP contribution in [0.15, 0.2) is 78.4 Å². The van der Waals surface area contributed by atoms with E-state index in [9.17, 15) is 63.3 Å². The lowest BCUT2D eigenvalue weighted by molar-refractivity contribution is -0.143. The van der Waals surface area contributed by atoms with Crippen LogP contribution in [0.25, 0.3) is 21.8 Å². The minimum absolute atomic E-state index is 0.0221. The van der Waals surface area contributed by atoms with Crippen molar-refractivity contribution in [3.63, 3.8) is 0 Å². The van der Waals surface area contributed by atoms with Gasteiger partial charge in [0.1, 0.15) is 48.3 Å². The van der Waals surface area contributed by atoms with Gasteiger partial charge in [0.15, 0.2) is 5.96 Å². The zero-order chi connectivity index (χ0) is 64.8. The first-order valence-electron chi connectivity index (χ1n) is 29.0. The van der Waals surface area contributed by atoms with Crippen LogP contribution in [0.1, 0.15) is 90.0 Å². The Morgan fingerprint density at radius 3 is 1.52 bits per heavy atom. The molecule has 22 N–H and O–H groups in total. The molecule has 0 spiro atoms. The number of nitrogens with zero attached hydrogens (tertiary/aromatic N) is 2. The molecule has 0 radical (unpaired) electrons. The lowest BCUT2D eigenvalue weighted by atomic mass is 9.95.